The normalized spacial score (nSPS) is 10.7. The Hall–Kier alpha value is -4.58. The average Bonchev–Trinajstić information content (AvgIpc) is 2.87. The zero-order chi connectivity index (χ0) is 28.8. The number of rotatable bonds is 9. The van der Waals surface area contributed by atoms with Crippen LogP contribution >= 0.6 is 0 Å². The van der Waals surface area contributed by atoms with Crippen LogP contribution in [0.2, 0.25) is 0 Å². The zero-order valence-corrected chi connectivity index (χ0v) is 24.0. The Morgan fingerprint density at radius 2 is 0.875 bits per heavy atom. The van der Waals surface area contributed by atoms with Crippen LogP contribution in [0.15, 0.2) is 72.8 Å². The Kier molecular flexibility index (Phi) is 8.90. The maximum absolute atomic E-state index is 12.5. The molecule has 0 aliphatic heterocycles. The molecular formula is C34H36N2O4. The summed E-state index contributed by atoms with van der Waals surface area (Å²) in [4.78, 5) is 25.0. The Morgan fingerprint density at radius 1 is 0.525 bits per heavy atom. The first-order valence-corrected chi connectivity index (χ1v) is 13.3. The molecule has 6 heteroatoms. The first-order chi connectivity index (χ1) is 19.0. The smallest absolute Gasteiger partial charge is 0.262 e. The molecule has 40 heavy (non-hydrogen) atoms. The van der Waals surface area contributed by atoms with Crippen molar-refractivity contribution in [3.63, 3.8) is 0 Å². The highest BCUT2D eigenvalue weighted by molar-refractivity contribution is 5.94. The third-order valence-electron chi connectivity index (χ3n) is 6.46. The molecule has 0 spiro atoms. The lowest BCUT2D eigenvalue weighted by Gasteiger charge is -2.14. The highest BCUT2D eigenvalue weighted by atomic mass is 16.5. The van der Waals surface area contributed by atoms with Crippen molar-refractivity contribution in [2.24, 2.45) is 0 Å². The third-order valence-corrected chi connectivity index (χ3v) is 6.46. The summed E-state index contributed by atoms with van der Waals surface area (Å²) in [5.74, 6) is 0.937. The molecule has 2 amide bonds. The van der Waals surface area contributed by atoms with Crippen molar-refractivity contribution in [2.75, 3.05) is 23.8 Å². The fraction of sp³-hybridized carbons (Fsp3) is 0.235. The number of aryl methyl sites for hydroxylation is 6. The van der Waals surface area contributed by atoms with Gasteiger partial charge in [-0.25, -0.2) is 0 Å². The average molecular weight is 537 g/mol. The maximum atomic E-state index is 12.5. The van der Waals surface area contributed by atoms with E-state index in [0.717, 1.165) is 55.9 Å². The van der Waals surface area contributed by atoms with E-state index in [1.54, 1.807) is 0 Å². The fourth-order valence-electron chi connectivity index (χ4n) is 4.67. The molecule has 0 aromatic heterocycles. The van der Waals surface area contributed by atoms with Crippen LogP contribution in [0.3, 0.4) is 0 Å². The topological polar surface area (TPSA) is 76.7 Å². The summed E-state index contributed by atoms with van der Waals surface area (Å²) >= 11 is 0. The van der Waals surface area contributed by atoms with Crippen LogP contribution in [0.5, 0.6) is 11.5 Å². The highest BCUT2D eigenvalue weighted by Crippen LogP contribution is 2.28. The van der Waals surface area contributed by atoms with Crippen molar-refractivity contribution >= 4 is 23.2 Å². The van der Waals surface area contributed by atoms with Crippen molar-refractivity contribution in [1.82, 2.24) is 0 Å². The van der Waals surface area contributed by atoms with Crippen LogP contribution in [0.1, 0.15) is 33.4 Å². The first kappa shape index (κ1) is 28.4. The molecule has 0 heterocycles. The van der Waals surface area contributed by atoms with Crippen molar-refractivity contribution in [2.45, 2.75) is 41.5 Å². The summed E-state index contributed by atoms with van der Waals surface area (Å²) in [7, 11) is 0. The highest BCUT2D eigenvalue weighted by Gasteiger charge is 2.11. The van der Waals surface area contributed by atoms with Gasteiger partial charge in [0.2, 0.25) is 0 Å². The van der Waals surface area contributed by atoms with E-state index in [2.05, 4.69) is 22.8 Å². The van der Waals surface area contributed by atoms with Crippen LogP contribution in [0.4, 0.5) is 11.4 Å². The van der Waals surface area contributed by atoms with Gasteiger partial charge in [-0.2, -0.15) is 0 Å². The van der Waals surface area contributed by atoms with E-state index in [0.29, 0.717) is 11.5 Å². The molecule has 4 aromatic rings. The Bertz CT molecular complexity index is 1400. The van der Waals surface area contributed by atoms with Gasteiger partial charge in [0.1, 0.15) is 11.5 Å². The van der Waals surface area contributed by atoms with Gasteiger partial charge in [-0.05, 0) is 135 Å². The van der Waals surface area contributed by atoms with Crippen LogP contribution < -0.4 is 20.1 Å². The molecule has 0 fully saturated rings. The van der Waals surface area contributed by atoms with Crippen LogP contribution in [-0.4, -0.2) is 25.0 Å². The fourth-order valence-corrected chi connectivity index (χ4v) is 4.67. The zero-order valence-electron chi connectivity index (χ0n) is 24.0. The lowest BCUT2D eigenvalue weighted by Crippen LogP contribution is -2.20. The molecule has 2 N–H and O–H groups in total. The number of amides is 2. The molecule has 0 unspecified atom stereocenters. The molecule has 0 saturated heterocycles. The second-order valence-electron chi connectivity index (χ2n) is 10.4. The Morgan fingerprint density at radius 3 is 1.20 bits per heavy atom. The van der Waals surface area contributed by atoms with Crippen LogP contribution in [-0.2, 0) is 9.59 Å². The largest absolute Gasteiger partial charge is 0.484 e. The summed E-state index contributed by atoms with van der Waals surface area (Å²) in [5.41, 5.74) is 9.76. The predicted octanol–water partition coefficient (Wildman–Crippen LogP) is 7.24. The molecule has 6 nitrogen and oxygen atoms in total. The second-order valence-corrected chi connectivity index (χ2v) is 10.4. The minimum absolute atomic E-state index is 0.0634. The van der Waals surface area contributed by atoms with Crippen LogP contribution in [0.25, 0.3) is 11.1 Å². The molecule has 4 aromatic carbocycles. The van der Waals surface area contributed by atoms with Gasteiger partial charge in [0.15, 0.2) is 13.2 Å². The van der Waals surface area contributed by atoms with Crippen molar-refractivity contribution in [3.05, 3.63) is 106 Å². The van der Waals surface area contributed by atoms with Gasteiger partial charge in [0.25, 0.3) is 11.8 Å². The van der Waals surface area contributed by atoms with E-state index in [-0.39, 0.29) is 25.0 Å². The SMILES string of the molecule is Cc1cc(C)cc(OCC(=O)Nc2ccc(-c3ccc(NC(=O)COc4cc(C)cc(C)c4)c(C)c3)cc2C)c1. The van der Waals surface area contributed by atoms with Gasteiger partial charge in [0, 0.05) is 11.4 Å². The Balaban J connectivity index is 1.34. The summed E-state index contributed by atoms with van der Waals surface area (Å²) < 4.78 is 11.4. The standard InChI is InChI=1S/C34H36N2O4/c1-21-11-22(2)14-29(13-21)39-19-33(37)35-31-9-7-27(17-25(31)5)28-8-10-32(26(6)18-28)36-34(38)20-40-30-15-23(3)12-24(4)16-30/h7-18H,19-20H2,1-6H3,(H,35,37)(H,36,38). The van der Waals surface area contributed by atoms with Crippen molar-refractivity contribution < 1.29 is 19.1 Å². The number of carbonyl (C=O) groups is 2. The number of carbonyl (C=O) groups excluding carboxylic acids is 2. The van der Waals surface area contributed by atoms with E-state index >= 15 is 0 Å². The summed E-state index contributed by atoms with van der Waals surface area (Å²) in [6, 6.07) is 23.6. The van der Waals surface area contributed by atoms with Gasteiger partial charge in [-0.15, -0.1) is 0 Å². The lowest BCUT2D eigenvalue weighted by atomic mass is 10.00. The van der Waals surface area contributed by atoms with E-state index in [1.165, 1.54) is 0 Å². The number of nitrogens with one attached hydrogen (secondary N) is 2. The molecular weight excluding hydrogens is 500 g/mol. The number of anilines is 2. The van der Waals surface area contributed by atoms with E-state index < -0.39 is 0 Å². The van der Waals surface area contributed by atoms with E-state index in [9.17, 15) is 9.59 Å². The molecule has 206 valence electrons. The van der Waals surface area contributed by atoms with Gasteiger partial charge in [-0.1, -0.05) is 24.3 Å². The monoisotopic (exact) mass is 536 g/mol. The third kappa shape index (κ3) is 7.73. The second kappa shape index (κ2) is 12.5. The molecule has 0 radical (unpaired) electrons. The molecule has 0 saturated carbocycles. The van der Waals surface area contributed by atoms with Crippen molar-refractivity contribution in [3.8, 4) is 22.6 Å². The molecule has 0 bridgehead atoms. The Labute approximate surface area is 236 Å². The summed E-state index contributed by atoms with van der Waals surface area (Å²) in [6.07, 6.45) is 0. The van der Waals surface area contributed by atoms with Crippen LogP contribution in [0, 0.1) is 41.5 Å². The molecule has 0 aliphatic carbocycles. The number of hydrogen-bond donors (Lipinski definition) is 2. The van der Waals surface area contributed by atoms with Gasteiger partial charge in [-0.3, -0.25) is 9.59 Å². The quantitative estimate of drug-likeness (QED) is 0.236. The van der Waals surface area contributed by atoms with Gasteiger partial charge in [0.05, 0.1) is 0 Å². The number of hydrogen-bond acceptors (Lipinski definition) is 4. The molecule has 4 rings (SSSR count). The van der Waals surface area contributed by atoms with Gasteiger partial charge < -0.3 is 20.1 Å². The molecule has 0 aliphatic rings. The number of ether oxygens (including phenoxy) is 2. The van der Waals surface area contributed by atoms with E-state index in [4.69, 9.17) is 9.47 Å². The maximum Gasteiger partial charge on any atom is 0.262 e. The first-order valence-electron chi connectivity index (χ1n) is 13.3. The minimum Gasteiger partial charge on any atom is -0.484 e. The predicted molar refractivity (Wildman–Crippen MR) is 161 cm³/mol. The number of benzene rings is 4. The van der Waals surface area contributed by atoms with E-state index in [1.807, 2.05) is 102 Å². The summed E-state index contributed by atoms with van der Waals surface area (Å²) in [6.45, 7) is 11.8. The summed E-state index contributed by atoms with van der Waals surface area (Å²) in [5, 5.41) is 5.87. The van der Waals surface area contributed by atoms with Gasteiger partial charge >= 0.3 is 0 Å². The minimum atomic E-state index is -0.215. The lowest BCUT2D eigenvalue weighted by molar-refractivity contribution is -0.118. The van der Waals surface area contributed by atoms with Crippen molar-refractivity contribution in [1.29, 1.82) is 0 Å². The molecule has 0 atom stereocenters.